The van der Waals surface area contributed by atoms with Crippen molar-refractivity contribution in [3.63, 3.8) is 0 Å². The van der Waals surface area contributed by atoms with E-state index in [1.54, 1.807) is 26.8 Å². The third kappa shape index (κ3) is 4.90. The lowest BCUT2D eigenvalue weighted by atomic mass is 10.2. The molecule has 14 heteroatoms. The van der Waals surface area contributed by atoms with Crippen LogP contribution in [0.3, 0.4) is 0 Å². The maximum absolute atomic E-state index is 15.0. The summed E-state index contributed by atoms with van der Waals surface area (Å²) in [4.78, 5) is 35.8. The number of hydrogen-bond donors (Lipinski definition) is 2. The van der Waals surface area contributed by atoms with E-state index in [2.05, 4.69) is 25.4 Å². The van der Waals surface area contributed by atoms with Gasteiger partial charge in [0.1, 0.15) is 5.52 Å². The summed E-state index contributed by atoms with van der Waals surface area (Å²) in [5.41, 5.74) is -1.39. The second kappa shape index (κ2) is 9.94. The summed E-state index contributed by atoms with van der Waals surface area (Å²) in [5, 5.41) is 6.00. The monoisotopic (exact) mass is 555 g/mol. The number of ether oxygens (including phenoxy) is 1. The van der Waals surface area contributed by atoms with E-state index < -0.39 is 34.8 Å². The van der Waals surface area contributed by atoms with E-state index in [0.717, 1.165) is 12.3 Å². The van der Waals surface area contributed by atoms with E-state index in [-0.39, 0.29) is 34.7 Å². The SMILES string of the molecule is Cc1ccnc(-n2ncc(C(=O)Nc3ccc(Oc4ccnc5[nH]c(=O)n(C(C)C)c45)c(F)c3)c2C(F)(F)F)c1. The summed E-state index contributed by atoms with van der Waals surface area (Å²) in [6, 6.07) is 7.58. The van der Waals surface area contributed by atoms with Crippen LogP contribution in [-0.2, 0) is 6.18 Å². The lowest BCUT2D eigenvalue weighted by molar-refractivity contribution is -0.143. The number of rotatable bonds is 6. The summed E-state index contributed by atoms with van der Waals surface area (Å²) in [5.74, 6) is -2.27. The zero-order valence-electron chi connectivity index (χ0n) is 21.2. The number of aromatic nitrogens is 6. The highest BCUT2D eigenvalue weighted by Gasteiger charge is 2.41. The van der Waals surface area contributed by atoms with Crippen molar-refractivity contribution in [2.45, 2.75) is 33.0 Å². The number of benzene rings is 1. The van der Waals surface area contributed by atoms with Gasteiger partial charge >= 0.3 is 11.9 Å². The number of imidazole rings is 1. The minimum atomic E-state index is -4.94. The number of nitrogens with one attached hydrogen (secondary N) is 2. The Labute approximate surface area is 223 Å². The van der Waals surface area contributed by atoms with Gasteiger partial charge < -0.3 is 10.1 Å². The van der Waals surface area contributed by atoms with Gasteiger partial charge in [-0.05, 0) is 50.6 Å². The molecule has 0 unspecified atom stereocenters. The van der Waals surface area contributed by atoms with Crippen molar-refractivity contribution in [1.82, 2.24) is 29.3 Å². The Hall–Kier alpha value is -5.01. The van der Waals surface area contributed by atoms with E-state index in [0.29, 0.717) is 15.8 Å². The topological polar surface area (TPSA) is 120 Å². The Bertz CT molecular complexity index is 1800. The average Bonchev–Trinajstić information content (AvgIpc) is 3.47. The quantitative estimate of drug-likeness (QED) is 0.271. The average molecular weight is 555 g/mol. The van der Waals surface area contributed by atoms with Gasteiger partial charge in [0, 0.05) is 36.3 Å². The fourth-order valence-electron chi connectivity index (χ4n) is 4.17. The molecule has 0 saturated carbocycles. The first-order valence-corrected chi connectivity index (χ1v) is 11.9. The van der Waals surface area contributed by atoms with Gasteiger partial charge in [-0.2, -0.15) is 18.3 Å². The molecule has 0 bridgehead atoms. The van der Waals surface area contributed by atoms with Gasteiger partial charge in [-0.25, -0.2) is 23.8 Å². The van der Waals surface area contributed by atoms with Crippen LogP contribution in [0.2, 0.25) is 0 Å². The number of alkyl halides is 3. The number of pyridine rings is 2. The van der Waals surface area contributed by atoms with E-state index >= 15 is 4.39 Å². The molecule has 1 amide bonds. The number of nitrogens with zero attached hydrogens (tertiary/aromatic N) is 5. The Morgan fingerprint density at radius 1 is 1.07 bits per heavy atom. The number of aryl methyl sites for hydroxylation is 1. The predicted molar refractivity (Wildman–Crippen MR) is 136 cm³/mol. The highest BCUT2D eigenvalue weighted by Crippen LogP contribution is 2.35. The number of hydrogen-bond acceptors (Lipinski definition) is 6. The molecule has 0 aliphatic heterocycles. The van der Waals surface area contributed by atoms with Crippen LogP contribution in [0.1, 0.15) is 41.5 Å². The first kappa shape index (κ1) is 26.6. The van der Waals surface area contributed by atoms with Crippen molar-refractivity contribution in [3.05, 3.63) is 88.1 Å². The molecule has 0 spiro atoms. The molecule has 0 atom stereocenters. The minimum absolute atomic E-state index is 0.116. The molecule has 5 rings (SSSR count). The fourth-order valence-corrected chi connectivity index (χ4v) is 4.17. The molecule has 206 valence electrons. The van der Waals surface area contributed by atoms with Crippen molar-refractivity contribution < 1.29 is 27.1 Å². The molecule has 40 heavy (non-hydrogen) atoms. The van der Waals surface area contributed by atoms with Crippen LogP contribution in [-0.4, -0.2) is 35.2 Å². The third-order valence-electron chi connectivity index (χ3n) is 5.90. The van der Waals surface area contributed by atoms with Gasteiger partial charge in [0.15, 0.2) is 34.5 Å². The highest BCUT2D eigenvalue weighted by molar-refractivity contribution is 6.05. The molecular weight excluding hydrogens is 534 g/mol. The molecule has 0 saturated heterocycles. The molecule has 4 aromatic heterocycles. The molecule has 0 aliphatic carbocycles. The van der Waals surface area contributed by atoms with E-state index in [1.807, 2.05) is 0 Å². The number of anilines is 1. The smallest absolute Gasteiger partial charge is 0.434 e. The molecule has 5 aromatic rings. The van der Waals surface area contributed by atoms with Crippen molar-refractivity contribution >= 4 is 22.8 Å². The van der Waals surface area contributed by atoms with Gasteiger partial charge in [0.05, 0.1) is 11.8 Å². The van der Waals surface area contributed by atoms with Crippen LogP contribution in [0.5, 0.6) is 11.5 Å². The van der Waals surface area contributed by atoms with Gasteiger partial charge in [-0.15, -0.1) is 0 Å². The zero-order chi connectivity index (χ0) is 28.8. The van der Waals surface area contributed by atoms with Crippen molar-refractivity contribution in [1.29, 1.82) is 0 Å². The summed E-state index contributed by atoms with van der Waals surface area (Å²) in [7, 11) is 0. The minimum Gasteiger partial charge on any atom is -0.452 e. The molecule has 0 radical (unpaired) electrons. The van der Waals surface area contributed by atoms with Gasteiger partial charge in [-0.3, -0.25) is 14.3 Å². The van der Waals surface area contributed by atoms with Crippen molar-refractivity contribution in [2.75, 3.05) is 5.32 Å². The summed E-state index contributed by atoms with van der Waals surface area (Å²) in [6.07, 6.45) is -1.46. The lowest BCUT2D eigenvalue weighted by Gasteiger charge is -2.14. The molecule has 2 N–H and O–H groups in total. The predicted octanol–water partition coefficient (Wildman–Crippen LogP) is 5.40. The van der Waals surface area contributed by atoms with Crippen molar-refractivity contribution in [3.8, 4) is 17.3 Å². The van der Waals surface area contributed by atoms with Crippen LogP contribution in [0, 0.1) is 12.7 Å². The fraction of sp³-hybridized carbons (Fsp3) is 0.192. The summed E-state index contributed by atoms with van der Waals surface area (Å²) >= 11 is 0. The van der Waals surface area contributed by atoms with Crippen LogP contribution in [0.25, 0.3) is 17.0 Å². The van der Waals surface area contributed by atoms with Crippen LogP contribution >= 0.6 is 0 Å². The number of fused-ring (bicyclic) bond motifs is 1. The van der Waals surface area contributed by atoms with E-state index in [9.17, 15) is 22.8 Å². The number of carbonyl (C=O) groups excluding carboxylic acids is 1. The van der Waals surface area contributed by atoms with Gasteiger partial charge in [0.2, 0.25) is 0 Å². The highest BCUT2D eigenvalue weighted by atomic mass is 19.4. The molecule has 0 fully saturated rings. The maximum Gasteiger partial charge on any atom is 0.434 e. The first-order valence-electron chi connectivity index (χ1n) is 11.9. The van der Waals surface area contributed by atoms with E-state index in [4.69, 9.17) is 4.74 Å². The zero-order valence-corrected chi connectivity index (χ0v) is 21.2. The molecule has 0 aliphatic rings. The third-order valence-corrected chi connectivity index (χ3v) is 5.90. The first-order chi connectivity index (χ1) is 18.9. The van der Waals surface area contributed by atoms with E-state index in [1.165, 1.54) is 41.2 Å². The number of H-pyrrole nitrogens is 1. The number of carbonyl (C=O) groups is 1. The Morgan fingerprint density at radius 3 is 2.50 bits per heavy atom. The lowest BCUT2D eigenvalue weighted by Crippen LogP contribution is -2.21. The molecule has 10 nitrogen and oxygen atoms in total. The molecule has 4 heterocycles. The summed E-state index contributed by atoms with van der Waals surface area (Å²) in [6.45, 7) is 5.25. The van der Waals surface area contributed by atoms with Gasteiger partial charge in [0.25, 0.3) is 5.91 Å². The Balaban J connectivity index is 1.43. The largest absolute Gasteiger partial charge is 0.452 e. The standard InChI is InChI=1S/C26H21F4N7O3/c1-13(2)36-21-19(7-9-32-23(21)35-25(36)39)40-18-5-4-15(11-17(18)27)34-24(38)16-12-33-37(22(16)26(28,29)30)20-10-14(3)6-8-31-20/h4-13H,1-3H3,(H,34,38)(H,32,35,39). The second-order valence-electron chi connectivity index (χ2n) is 9.11. The number of halogens is 4. The van der Waals surface area contributed by atoms with Gasteiger partial charge in [-0.1, -0.05) is 0 Å². The van der Waals surface area contributed by atoms with Crippen LogP contribution in [0.4, 0.5) is 23.2 Å². The van der Waals surface area contributed by atoms with Crippen molar-refractivity contribution in [2.24, 2.45) is 0 Å². The summed E-state index contributed by atoms with van der Waals surface area (Å²) < 4.78 is 64.6. The molecular formula is C26H21F4N7O3. The normalized spacial score (nSPS) is 11.8. The number of amides is 1. The Kier molecular flexibility index (Phi) is 6.61. The second-order valence-corrected chi connectivity index (χ2v) is 9.11. The van der Waals surface area contributed by atoms with Crippen LogP contribution in [0.15, 0.2) is 59.8 Å². The number of aromatic amines is 1. The maximum atomic E-state index is 15.0. The van der Waals surface area contributed by atoms with Crippen LogP contribution < -0.4 is 15.7 Å². The molecule has 1 aromatic carbocycles. The Morgan fingerprint density at radius 2 is 1.82 bits per heavy atom.